The predicted octanol–water partition coefficient (Wildman–Crippen LogP) is 6.44. The molecule has 2 aromatic carbocycles. The van der Waals surface area contributed by atoms with E-state index < -0.39 is 5.78 Å². The zero-order valence-electron chi connectivity index (χ0n) is 29.9. The molecule has 6 aromatic rings. The van der Waals surface area contributed by atoms with E-state index in [2.05, 4.69) is 9.97 Å². The number of benzene rings is 2. The third kappa shape index (κ3) is 7.16. The summed E-state index contributed by atoms with van der Waals surface area (Å²) in [5.41, 5.74) is 6.67. The molecular formula is C39H40Cl2N8O3. The van der Waals surface area contributed by atoms with Crippen LogP contribution in [0.15, 0.2) is 73.1 Å². The molecule has 11 nitrogen and oxygen atoms in total. The highest BCUT2D eigenvalue weighted by atomic mass is 35.5. The molecule has 0 aliphatic carbocycles. The number of halogens is 2. The molecule has 0 saturated heterocycles. The van der Waals surface area contributed by atoms with E-state index in [0.29, 0.717) is 79.5 Å². The molecule has 52 heavy (non-hydrogen) atoms. The largest absolute Gasteiger partial charge is 0.390 e. The number of carbonyl (C=O) groups excluding carboxylic acids is 1. The summed E-state index contributed by atoms with van der Waals surface area (Å²) >= 11 is 13.3. The van der Waals surface area contributed by atoms with Crippen LogP contribution in [0.3, 0.4) is 0 Å². The molecule has 4 aromatic heterocycles. The third-order valence-corrected chi connectivity index (χ3v) is 9.19. The molecule has 0 aliphatic heterocycles. The van der Waals surface area contributed by atoms with Crippen LogP contribution in [0.2, 0.25) is 10.0 Å². The molecule has 0 amide bonds. The lowest BCUT2D eigenvalue weighted by molar-refractivity contribution is 0.103. The van der Waals surface area contributed by atoms with Crippen LogP contribution in [0.1, 0.15) is 50.6 Å². The van der Waals surface area contributed by atoms with Crippen LogP contribution in [0.4, 0.5) is 0 Å². The van der Waals surface area contributed by atoms with Crippen molar-refractivity contribution < 1.29 is 15.0 Å². The van der Waals surface area contributed by atoms with Gasteiger partial charge in [0.15, 0.2) is 0 Å². The Labute approximate surface area is 312 Å². The van der Waals surface area contributed by atoms with Gasteiger partial charge >= 0.3 is 0 Å². The maximum Gasteiger partial charge on any atom is 0.230 e. The molecule has 0 spiro atoms. The molecule has 0 aliphatic rings. The summed E-state index contributed by atoms with van der Waals surface area (Å²) in [7, 11) is 7.80. The van der Waals surface area contributed by atoms with Gasteiger partial charge in [-0.1, -0.05) is 35.3 Å². The van der Waals surface area contributed by atoms with Gasteiger partial charge in [-0.25, -0.2) is 9.97 Å². The number of aromatic nitrogens is 6. The highest BCUT2D eigenvalue weighted by Crippen LogP contribution is 2.38. The van der Waals surface area contributed by atoms with Gasteiger partial charge in [0.25, 0.3) is 0 Å². The zero-order chi connectivity index (χ0) is 37.3. The second-order valence-corrected chi connectivity index (χ2v) is 13.9. The second kappa shape index (κ2) is 15.5. The summed E-state index contributed by atoms with van der Waals surface area (Å²) in [6.07, 6.45) is 3.14. The van der Waals surface area contributed by atoms with Crippen molar-refractivity contribution in [3.05, 3.63) is 129 Å². The van der Waals surface area contributed by atoms with E-state index >= 15 is 0 Å². The van der Waals surface area contributed by atoms with Crippen LogP contribution in [-0.2, 0) is 26.3 Å². The van der Waals surface area contributed by atoms with Gasteiger partial charge in [0.1, 0.15) is 23.0 Å². The Morgan fingerprint density at radius 2 is 1.06 bits per heavy atom. The fraction of sp³-hybridized carbons (Fsp3) is 0.256. The molecule has 0 atom stereocenters. The van der Waals surface area contributed by atoms with E-state index in [-0.39, 0.29) is 24.6 Å². The minimum atomic E-state index is -0.418. The van der Waals surface area contributed by atoms with Gasteiger partial charge in [0, 0.05) is 44.7 Å². The Kier molecular flexibility index (Phi) is 11.0. The Bertz CT molecular complexity index is 2120. The van der Waals surface area contributed by atoms with Crippen LogP contribution in [0.5, 0.6) is 0 Å². The summed E-state index contributed by atoms with van der Waals surface area (Å²) < 4.78 is 3.84. The average molecular weight is 740 g/mol. The van der Waals surface area contributed by atoms with Crippen molar-refractivity contribution in [3.63, 3.8) is 0 Å². The number of aliphatic hydroxyl groups is 2. The third-order valence-electron chi connectivity index (χ3n) is 8.72. The van der Waals surface area contributed by atoms with Crippen LogP contribution in [-0.4, -0.2) is 83.1 Å². The Balaban J connectivity index is 1.55. The number of hydrogen-bond donors (Lipinski definition) is 2. The SMILES string of the molecule is Cc1nc(CN(C)C)n(-c2ccc(Cl)cc2-c2cccnc2C(=O)c2ncccc2-c2cc(Cl)ccc2-n2c(CN(C)C)nc(C)c2CO)c1CO. The van der Waals surface area contributed by atoms with E-state index in [0.717, 1.165) is 11.6 Å². The number of hydrogen-bond acceptors (Lipinski definition) is 9. The van der Waals surface area contributed by atoms with Crippen LogP contribution in [0, 0.1) is 13.8 Å². The first kappa shape index (κ1) is 37.0. The highest BCUT2D eigenvalue weighted by molar-refractivity contribution is 6.31. The van der Waals surface area contributed by atoms with Gasteiger partial charge in [0.2, 0.25) is 5.78 Å². The molecule has 13 heteroatoms. The van der Waals surface area contributed by atoms with Gasteiger partial charge in [-0.15, -0.1) is 0 Å². The average Bonchev–Trinajstić information content (AvgIpc) is 3.60. The van der Waals surface area contributed by atoms with E-state index in [1.165, 1.54) is 0 Å². The lowest BCUT2D eigenvalue weighted by Gasteiger charge is -2.20. The van der Waals surface area contributed by atoms with Crippen LogP contribution < -0.4 is 0 Å². The monoisotopic (exact) mass is 738 g/mol. The second-order valence-electron chi connectivity index (χ2n) is 13.0. The summed E-state index contributed by atoms with van der Waals surface area (Å²) in [6.45, 7) is 4.26. The van der Waals surface area contributed by atoms with E-state index in [1.807, 2.05) is 85.2 Å². The molecule has 268 valence electrons. The summed E-state index contributed by atoms with van der Waals surface area (Å²) in [5, 5.41) is 21.9. The standard InChI is InChI=1S/C39H40Cl2N8O3/c1-23-33(21-50)48(35(44-23)19-46(3)4)31-13-11-25(40)17-29(31)27-9-7-15-42-37(27)39(52)38-28(10-8-16-43-38)30-18-26(41)12-14-32(30)49-34(22-51)24(2)45-36(49)20-47(5)6/h7-18,50-51H,19-22H2,1-6H3. The topological polar surface area (TPSA) is 125 Å². The maximum absolute atomic E-state index is 14.9. The van der Waals surface area contributed by atoms with Gasteiger partial charge in [-0.05, 0) is 90.6 Å². The first-order valence-corrected chi connectivity index (χ1v) is 17.4. The smallest absolute Gasteiger partial charge is 0.230 e. The maximum atomic E-state index is 14.9. The molecule has 0 unspecified atom stereocenters. The number of ketones is 1. The predicted molar refractivity (Wildman–Crippen MR) is 203 cm³/mol. The number of rotatable bonds is 12. The fourth-order valence-electron chi connectivity index (χ4n) is 6.53. The van der Waals surface area contributed by atoms with Gasteiger partial charge in [-0.2, -0.15) is 0 Å². The minimum Gasteiger partial charge on any atom is -0.390 e. The Hall–Kier alpha value is -4.75. The Morgan fingerprint density at radius 3 is 1.42 bits per heavy atom. The van der Waals surface area contributed by atoms with Crippen molar-refractivity contribution in [1.29, 1.82) is 0 Å². The highest BCUT2D eigenvalue weighted by Gasteiger charge is 2.27. The van der Waals surface area contributed by atoms with E-state index in [9.17, 15) is 15.0 Å². The van der Waals surface area contributed by atoms with Crippen molar-refractivity contribution in [2.45, 2.75) is 40.2 Å². The van der Waals surface area contributed by atoms with Gasteiger partial charge < -0.3 is 20.0 Å². The van der Waals surface area contributed by atoms with Crippen molar-refractivity contribution in [2.75, 3.05) is 28.2 Å². The number of nitrogens with zero attached hydrogens (tertiary/aromatic N) is 8. The summed E-state index contributed by atoms with van der Waals surface area (Å²) in [4.78, 5) is 37.7. The number of imidazole rings is 2. The number of aliphatic hydroxyl groups excluding tert-OH is 2. The molecule has 0 bridgehead atoms. The molecule has 0 radical (unpaired) electrons. The molecule has 2 N–H and O–H groups in total. The van der Waals surface area contributed by atoms with E-state index in [4.69, 9.17) is 33.2 Å². The first-order valence-electron chi connectivity index (χ1n) is 16.6. The van der Waals surface area contributed by atoms with Crippen molar-refractivity contribution in [2.24, 2.45) is 0 Å². The van der Waals surface area contributed by atoms with Crippen molar-refractivity contribution in [3.8, 4) is 33.6 Å². The lowest BCUT2D eigenvalue weighted by atomic mass is 9.94. The molecular weight excluding hydrogens is 699 g/mol. The first-order chi connectivity index (χ1) is 24.9. The quantitative estimate of drug-likeness (QED) is 0.136. The molecule has 4 heterocycles. The normalized spacial score (nSPS) is 11.6. The number of aryl methyl sites for hydroxylation is 2. The van der Waals surface area contributed by atoms with Crippen molar-refractivity contribution in [1.82, 2.24) is 38.9 Å². The minimum absolute atomic E-state index is 0.161. The van der Waals surface area contributed by atoms with E-state index in [1.54, 1.807) is 48.8 Å². The summed E-state index contributed by atoms with van der Waals surface area (Å²) in [5.74, 6) is 1.02. The van der Waals surface area contributed by atoms with Gasteiger partial charge in [0.05, 0.1) is 60.5 Å². The fourth-order valence-corrected chi connectivity index (χ4v) is 6.87. The molecule has 0 saturated carbocycles. The zero-order valence-corrected chi connectivity index (χ0v) is 31.4. The summed E-state index contributed by atoms with van der Waals surface area (Å²) in [6, 6.07) is 18.0. The number of carbonyl (C=O) groups is 1. The van der Waals surface area contributed by atoms with Crippen LogP contribution >= 0.6 is 23.2 Å². The Morgan fingerprint density at radius 1 is 0.654 bits per heavy atom. The molecule has 6 rings (SSSR count). The number of pyridine rings is 2. The van der Waals surface area contributed by atoms with Crippen molar-refractivity contribution >= 4 is 29.0 Å². The lowest BCUT2D eigenvalue weighted by Crippen LogP contribution is -2.17. The molecule has 0 fully saturated rings. The van der Waals surface area contributed by atoms with Gasteiger partial charge in [-0.3, -0.25) is 23.9 Å². The van der Waals surface area contributed by atoms with Crippen LogP contribution in [0.25, 0.3) is 33.6 Å².